The lowest BCUT2D eigenvalue weighted by Gasteiger charge is -2.49. The van der Waals surface area contributed by atoms with Crippen LogP contribution in [-0.2, 0) is 28.7 Å². The molecule has 8 heteroatoms. The molecule has 3 aliphatic rings. The summed E-state index contributed by atoms with van der Waals surface area (Å²) in [5.41, 5.74) is -5.04. The number of esters is 1. The number of hydrogen-bond acceptors (Lipinski definition) is 8. The Morgan fingerprint density at radius 1 is 1.12 bits per heavy atom. The third-order valence-corrected chi connectivity index (χ3v) is 10.2. The number of Topliss-reactive ketones (excluding diaryl/α,β-unsaturated/α-hetero) is 3. The Morgan fingerprint density at radius 2 is 1.73 bits per heavy atom. The van der Waals surface area contributed by atoms with Gasteiger partial charge in [0.15, 0.2) is 11.6 Å². The predicted octanol–water partition coefficient (Wildman–Crippen LogP) is 4.10. The van der Waals surface area contributed by atoms with Crippen molar-refractivity contribution in [3.63, 3.8) is 0 Å². The summed E-state index contributed by atoms with van der Waals surface area (Å²) in [6.45, 7) is 15.0. The molecule has 0 heterocycles. The molecule has 8 nitrogen and oxygen atoms in total. The summed E-state index contributed by atoms with van der Waals surface area (Å²) in [6, 6.07) is 0. The van der Waals surface area contributed by atoms with Crippen LogP contribution in [0.3, 0.4) is 0 Å². The van der Waals surface area contributed by atoms with Crippen LogP contribution in [-0.4, -0.2) is 56.6 Å². The van der Waals surface area contributed by atoms with Gasteiger partial charge in [-0.15, -0.1) is 0 Å². The fraction of sp³-hybridized carbons (Fsp3) is 0.719. The summed E-state index contributed by atoms with van der Waals surface area (Å²) in [5, 5.41) is 22.7. The molecule has 0 aromatic heterocycles. The third kappa shape index (κ3) is 5.41. The molecule has 0 aliphatic heterocycles. The van der Waals surface area contributed by atoms with E-state index in [9.17, 15) is 34.2 Å². The molecular formula is C32H46O8. The van der Waals surface area contributed by atoms with E-state index in [0.717, 1.165) is 5.57 Å². The van der Waals surface area contributed by atoms with Crippen LogP contribution in [0.15, 0.2) is 23.8 Å². The zero-order valence-electron chi connectivity index (χ0n) is 25.4. The topological polar surface area (TPSA) is 135 Å². The summed E-state index contributed by atoms with van der Waals surface area (Å²) in [4.78, 5) is 64.4. The van der Waals surface area contributed by atoms with Gasteiger partial charge in [-0.05, 0) is 77.4 Å². The zero-order valence-corrected chi connectivity index (χ0v) is 25.4. The van der Waals surface area contributed by atoms with Gasteiger partial charge in [-0.25, -0.2) is 0 Å². The monoisotopic (exact) mass is 558 g/mol. The van der Waals surface area contributed by atoms with Crippen molar-refractivity contribution in [2.24, 2.45) is 34.0 Å². The highest BCUT2D eigenvalue weighted by Crippen LogP contribution is 2.58. The number of carbonyl (C=O) groups excluding carboxylic acids is 5. The Labute approximate surface area is 237 Å². The lowest BCUT2D eigenvalue weighted by Crippen LogP contribution is -2.55. The second-order valence-corrected chi connectivity index (χ2v) is 14.1. The molecule has 2 N–H and O–H groups in total. The van der Waals surface area contributed by atoms with E-state index >= 15 is 0 Å². The Balaban J connectivity index is 1.93. The third-order valence-electron chi connectivity index (χ3n) is 10.2. The summed E-state index contributed by atoms with van der Waals surface area (Å²) in [6.07, 6.45) is 5.00. The van der Waals surface area contributed by atoms with Crippen molar-refractivity contribution in [2.75, 3.05) is 0 Å². The molecule has 222 valence electrons. The number of ether oxygens (including phenoxy) is 1. The Morgan fingerprint density at radius 3 is 2.30 bits per heavy atom. The van der Waals surface area contributed by atoms with Gasteiger partial charge in [0.05, 0.1) is 11.5 Å². The van der Waals surface area contributed by atoms with E-state index in [1.54, 1.807) is 27.7 Å². The van der Waals surface area contributed by atoms with Crippen molar-refractivity contribution >= 4 is 29.1 Å². The highest BCUT2D eigenvalue weighted by Gasteiger charge is 2.61. The first-order valence-electron chi connectivity index (χ1n) is 14.3. The number of aliphatic hydroxyl groups is 2. The SMILES string of the molecule is CC(=O)OC(C)(C)C=CC(=O)C(C)(O)C1C(O)CC(C)C1(C)CC(=O)C1(C)CCC=C2C1CC(=O)C(=O)C2(C)C. The highest BCUT2D eigenvalue weighted by atomic mass is 16.6. The number of hydrogen-bond donors (Lipinski definition) is 2. The van der Waals surface area contributed by atoms with Crippen LogP contribution in [0.2, 0.25) is 0 Å². The van der Waals surface area contributed by atoms with E-state index in [-0.39, 0.29) is 24.5 Å². The maximum atomic E-state index is 14.3. The van der Waals surface area contributed by atoms with E-state index in [1.165, 1.54) is 26.0 Å². The van der Waals surface area contributed by atoms with Crippen LogP contribution < -0.4 is 0 Å². The van der Waals surface area contributed by atoms with Crippen molar-refractivity contribution in [2.45, 2.75) is 112 Å². The molecule has 3 rings (SSSR count). The average molecular weight is 559 g/mol. The molecular weight excluding hydrogens is 512 g/mol. The van der Waals surface area contributed by atoms with Crippen molar-refractivity contribution in [3.05, 3.63) is 23.8 Å². The van der Waals surface area contributed by atoms with E-state index < -0.39 is 68.7 Å². The number of fused-ring (bicyclic) bond motifs is 1. The molecule has 0 saturated heterocycles. The maximum absolute atomic E-state index is 14.3. The van der Waals surface area contributed by atoms with Gasteiger partial charge < -0.3 is 14.9 Å². The van der Waals surface area contributed by atoms with Gasteiger partial charge in [-0.3, -0.25) is 24.0 Å². The molecule has 40 heavy (non-hydrogen) atoms. The standard InChI is InChI=1S/C32H46O8/c1-18-15-22(34)26(32(9,39)24(36)12-14-28(3,4)40-19(2)33)31(18,8)17-25(37)30(7)13-10-11-20-21(30)16-23(35)27(38)29(20,5)6/h11-12,14,18,21-22,26,34,39H,10,13,15-17H2,1-9H3. The number of rotatable bonds is 8. The van der Waals surface area contributed by atoms with Gasteiger partial charge in [0.2, 0.25) is 5.78 Å². The fourth-order valence-corrected chi connectivity index (χ4v) is 7.67. The number of ketones is 4. The van der Waals surface area contributed by atoms with Crippen molar-refractivity contribution in [1.29, 1.82) is 0 Å². The Hall–Kier alpha value is -2.45. The summed E-state index contributed by atoms with van der Waals surface area (Å²) in [7, 11) is 0. The minimum absolute atomic E-state index is 0.00479. The quantitative estimate of drug-likeness (QED) is 0.197. The fourth-order valence-electron chi connectivity index (χ4n) is 7.67. The molecule has 0 radical (unpaired) electrons. The van der Waals surface area contributed by atoms with Gasteiger partial charge in [0, 0.05) is 37.0 Å². The van der Waals surface area contributed by atoms with Crippen LogP contribution in [0.25, 0.3) is 0 Å². The van der Waals surface area contributed by atoms with Crippen LogP contribution in [0.1, 0.15) is 94.4 Å². The lowest BCUT2D eigenvalue weighted by molar-refractivity contribution is -0.154. The Bertz CT molecular complexity index is 1170. The molecule has 0 spiro atoms. The molecule has 3 aliphatic carbocycles. The first kappa shape index (κ1) is 32.1. The summed E-state index contributed by atoms with van der Waals surface area (Å²) < 4.78 is 5.21. The molecule has 2 fully saturated rings. The maximum Gasteiger partial charge on any atom is 0.303 e. The molecule has 0 aromatic rings. The number of aliphatic hydroxyl groups excluding tert-OH is 1. The van der Waals surface area contributed by atoms with Gasteiger partial charge in [0.1, 0.15) is 17.0 Å². The van der Waals surface area contributed by atoms with Crippen LogP contribution in [0, 0.1) is 34.0 Å². The van der Waals surface area contributed by atoms with E-state index in [1.807, 2.05) is 26.8 Å². The first-order valence-corrected chi connectivity index (χ1v) is 14.3. The highest BCUT2D eigenvalue weighted by molar-refractivity contribution is 6.40. The first-order chi connectivity index (χ1) is 18.1. The molecule has 0 bridgehead atoms. The van der Waals surface area contributed by atoms with Gasteiger partial charge in [0.25, 0.3) is 0 Å². The van der Waals surface area contributed by atoms with Crippen LogP contribution in [0.5, 0.6) is 0 Å². The minimum atomic E-state index is -2.00. The van der Waals surface area contributed by atoms with Gasteiger partial charge >= 0.3 is 5.97 Å². The lowest BCUT2D eigenvalue weighted by atomic mass is 9.52. The molecule has 2 saturated carbocycles. The zero-order chi connectivity index (χ0) is 30.6. The minimum Gasteiger partial charge on any atom is -0.456 e. The number of carbonyl (C=O) groups is 5. The predicted molar refractivity (Wildman–Crippen MR) is 149 cm³/mol. The van der Waals surface area contributed by atoms with E-state index in [2.05, 4.69) is 0 Å². The summed E-state index contributed by atoms with van der Waals surface area (Å²) in [5.74, 6) is -3.68. The molecule has 0 aromatic carbocycles. The molecule has 0 amide bonds. The molecule has 7 unspecified atom stereocenters. The van der Waals surface area contributed by atoms with Gasteiger partial charge in [-0.2, -0.15) is 0 Å². The number of allylic oxidation sites excluding steroid dienone is 2. The van der Waals surface area contributed by atoms with Crippen molar-refractivity contribution in [3.8, 4) is 0 Å². The van der Waals surface area contributed by atoms with Gasteiger partial charge in [-0.1, -0.05) is 32.4 Å². The average Bonchev–Trinajstić information content (AvgIpc) is 3.03. The second kappa shape index (κ2) is 10.4. The normalized spacial score (nSPS) is 35.6. The van der Waals surface area contributed by atoms with Crippen LogP contribution in [0.4, 0.5) is 0 Å². The second-order valence-electron chi connectivity index (χ2n) is 14.1. The van der Waals surface area contributed by atoms with Crippen LogP contribution >= 0.6 is 0 Å². The Kier molecular flexibility index (Phi) is 8.36. The van der Waals surface area contributed by atoms with Crippen molar-refractivity contribution < 1.29 is 38.9 Å². The summed E-state index contributed by atoms with van der Waals surface area (Å²) >= 11 is 0. The van der Waals surface area contributed by atoms with E-state index in [0.29, 0.717) is 19.3 Å². The van der Waals surface area contributed by atoms with E-state index in [4.69, 9.17) is 4.74 Å². The smallest absolute Gasteiger partial charge is 0.303 e. The molecule has 7 atom stereocenters. The van der Waals surface area contributed by atoms with Crippen molar-refractivity contribution in [1.82, 2.24) is 0 Å². The largest absolute Gasteiger partial charge is 0.456 e.